The van der Waals surface area contributed by atoms with Crippen LogP contribution in [0, 0.1) is 5.82 Å². The third-order valence-corrected chi connectivity index (χ3v) is 6.56. The average Bonchev–Trinajstić information content (AvgIpc) is 3.30. The highest BCUT2D eigenvalue weighted by Crippen LogP contribution is 2.24. The maximum absolute atomic E-state index is 13.1. The Labute approximate surface area is 184 Å². The molecule has 1 heterocycles. The van der Waals surface area contributed by atoms with Gasteiger partial charge in [-0.3, -0.25) is 9.10 Å². The maximum Gasteiger partial charge on any atom is 0.276 e. The van der Waals surface area contributed by atoms with Crippen LogP contribution in [0.1, 0.15) is 10.5 Å². The van der Waals surface area contributed by atoms with Gasteiger partial charge < -0.3 is 5.32 Å². The number of hydrogen-bond acceptors (Lipinski definition) is 4. The van der Waals surface area contributed by atoms with E-state index in [1.165, 1.54) is 46.4 Å². The van der Waals surface area contributed by atoms with Gasteiger partial charge in [-0.05, 0) is 60.7 Å². The number of sulfonamides is 1. The summed E-state index contributed by atoms with van der Waals surface area (Å²) in [7, 11) is -2.35. The van der Waals surface area contributed by atoms with Gasteiger partial charge in [0, 0.05) is 18.9 Å². The number of aromatic nitrogens is 2. The molecule has 9 heteroatoms. The monoisotopic (exact) mass is 450 g/mol. The lowest BCUT2D eigenvalue weighted by Gasteiger charge is -2.19. The fraction of sp³-hybridized carbons (Fsp3) is 0.0435. The Morgan fingerprint density at radius 2 is 1.69 bits per heavy atom. The largest absolute Gasteiger partial charge is 0.321 e. The molecule has 0 saturated heterocycles. The van der Waals surface area contributed by atoms with Crippen LogP contribution in [-0.2, 0) is 10.0 Å². The number of hydrogen-bond donors (Lipinski definition) is 1. The Kier molecular flexibility index (Phi) is 5.74. The minimum absolute atomic E-state index is 0.0403. The van der Waals surface area contributed by atoms with Gasteiger partial charge in [0.2, 0.25) is 0 Å². The standard InChI is InChI=1S/C23H19FN4O3S/c1-27(19-7-3-2-4-8-19)32(30,31)21-9-5-6-18(16-21)25-23(29)22-14-15-28(26-22)20-12-10-17(24)11-13-20/h2-16H,1H3,(H,25,29). The molecule has 0 aliphatic carbocycles. The van der Waals surface area contributed by atoms with Crippen molar-refractivity contribution in [2.45, 2.75) is 4.90 Å². The lowest BCUT2D eigenvalue weighted by atomic mass is 10.3. The molecule has 0 spiro atoms. The first-order valence-corrected chi connectivity index (χ1v) is 11.1. The van der Waals surface area contributed by atoms with Crippen LogP contribution in [0.2, 0.25) is 0 Å². The number of para-hydroxylation sites is 1. The number of carbonyl (C=O) groups is 1. The molecule has 1 N–H and O–H groups in total. The van der Waals surface area contributed by atoms with Crippen LogP contribution >= 0.6 is 0 Å². The summed E-state index contributed by atoms with van der Waals surface area (Å²) in [6.45, 7) is 0. The van der Waals surface area contributed by atoms with E-state index in [1.54, 1.807) is 60.8 Å². The van der Waals surface area contributed by atoms with Crippen molar-refractivity contribution < 1.29 is 17.6 Å². The molecule has 7 nitrogen and oxygen atoms in total. The van der Waals surface area contributed by atoms with Crippen molar-refractivity contribution in [2.75, 3.05) is 16.7 Å². The molecule has 3 aromatic carbocycles. The number of rotatable bonds is 6. The van der Waals surface area contributed by atoms with Crippen LogP contribution in [-0.4, -0.2) is 31.2 Å². The molecule has 0 aliphatic rings. The van der Waals surface area contributed by atoms with Gasteiger partial charge >= 0.3 is 0 Å². The first-order valence-electron chi connectivity index (χ1n) is 9.61. The van der Waals surface area contributed by atoms with E-state index in [4.69, 9.17) is 0 Å². The minimum atomic E-state index is -3.82. The Bertz CT molecular complexity index is 1350. The SMILES string of the molecule is CN(c1ccccc1)S(=O)(=O)c1cccc(NC(=O)c2ccn(-c3ccc(F)cc3)n2)c1. The summed E-state index contributed by atoms with van der Waals surface area (Å²) < 4.78 is 41.7. The Morgan fingerprint density at radius 3 is 2.41 bits per heavy atom. The number of nitrogens with zero attached hydrogens (tertiary/aromatic N) is 3. The van der Waals surface area contributed by atoms with E-state index in [1.807, 2.05) is 0 Å². The van der Waals surface area contributed by atoms with Gasteiger partial charge in [0.25, 0.3) is 15.9 Å². The van der Waals surface area contributed by atoms with Gasteiger partial charge in [0.1, 0.15) is 5.82 Å². The molecule has 0 aliphatic heterocycles. The van der Waals surface area contributed by atoms with Crippen LogP contribution in [0.4, 0.5) is 15.8 Å². The van der Waals surface area contributed by atoms with Crippen LogP contribution in [0.5, 0.6) is 0 Å². The molecule has 1 aromatic heterocycles. The quantitative estimate of drug-likeness (QED) is 0.480. The molecule has 4 aromatic rings. The predicted octanol–water partition coefficient (Wildman–Crippen LogP) is 4.09. The summed E-state index contributed by atoms with van der Waals surface area (Å²) in [6, 6.07) is 21.9. The normalized spacial score (nSPS) is 11.2. The molecule has 4 rings (SSSR count). The van der Waals surface area contributed by atoms with E-state index in [0.29, 0.717) is 17.1 Å². The highest BCUT2D eigenvalue weighted by atomic mass is 32.2. The fourth-order valence-corrected chi connectivity index (χ4v) is 4.29. The van der Waals surface area contributed by atoms with Crippen LogP contribution in [0.15, 0.2) is 96.0 Å². The Balaban J connectivity index is 1.53. The second-order valence-electron chi connectivity index (χ2n) is 6.91. The molecule has 0 atom stereocenters. The van der Waals surface area contributed by atoms with Gasteiger partial charge in [-0.2, -0.15) is 5.10 Å². The second-order valence-corrected chi connectivity index (χ2v) is 8.88. The van der Waals surface area contributed by atoms with E-state index in [0.717, 1.165) is 0 Å². The number of amides is 1. The molecule has 1 amide bonds. The topological polar surface area (TPSA) is 84.3 Å². The van der Waals surface area contributed by atoms with Crippen molar-refractivity contribution in [1.82, 2.24) is 9.78 Å². The molecule has 0 bridgehead atoms. The number of anilines is 2. The second kappa shape index (κ2) is 8.64. The summed E-state index contributed by atoms with van der Waals surface area (Å²) in [4.78, 5) is 12.7. The van der Waals surface area contributed by atoms with E-state index >= 15 is 0 Å². The van der Waals surface area contributed by atoms with Crippen molar-refractivity contribution >= 4 is 27.3 Å². The zero-order valence-corrected chi connectivity index (χ0v) is 17.8. The van der Waals surface area contributed by atoms with Gasteiger partial charge in [-0.15, -0.1) is 0 Å². The number of nitrogens with one attached hydrogen (secondary N) is 1. The zero-order valence-electron chi connectivity index (χ0n) is 17.0. The molecule has 0 radical (unpaired) electrons. The van der Waals surface area contributed by atoms with E-state index in [2.05, 4.69) is 10.4 Å². The average molecular weight is 450 g/mol. The molecular weight excluding hydrogens is 431 g/mol. The summed E-state index contributed by atoms with van der Waals surface area (Å²) in [6.07, 6.45) is 1.58. The summed E-state index contributed by atoms with van der Waals surface area (Å²) >= 11 is 0. The summed E-state index contributed by atoms with van der Waals surface area (Å²) in [5.74, 6) is -0.872. The van der Waals surface area contributed by atoms with E-state index in [9.17, 15) is 17.6 Å². The highest BCUT2D eigenvalue weighted by molar-refractivity contribution is 7.92. The zero-order chi connectivity index (χ0) is 22.7. The maximum atomic E-state index is 13.1. The van der Waals surface area contributed by atoms with Crippen molar-refractivity contribution in [3.8, 4) is 5.69 Å². The first-order chi connectivity index (χ1) is 15.3. The highest BCUT2D eigenvalue weighted by Gasteiger charge is 2.22. The van der Waals surface area contributed by atoms with Gasteiger partial charge in [-0.25, -0.2) is 17.5 Å². The van der Waals surface area contributed by atoms with Crippen LogP contribution in [0.3, 0.4) is 0 Å². The number of carbonyl (C=O) groups excluding carboxylic acids is 1. The third-order valence-electron chi connectivity index (χ3n) is 4.78. The van der Waals surface area contributed by atoms with Gasteiger partial charge in [0.15, 0.2) is 5.69 Å². The molecule has 32 heavy (non-hydrogen) atoms. The van der Waals surface area contributed by atoms with Crippen LogP contribution < -0.4 is 9.62 Å². The van der Waals surface area contributed by atoms with Crippen molar-refractivity contribution in [1.29, 1.82) is 0 Å². The van der Waals surface area contributed by atoms with E-state index < -0.39 is 15.9 Å². The Morgan fingerprint density at radius 1 is 0.969 bits per heavy atom. The fourth-order valence-electron chi connectivity index (χ4n) is 3.05. The third kappa shape index (κ3) is 4.37. The van der Waals surface area contributed by atoms with Crippen molar-refractivity contribution in [3.05, 3.63) is 103 Å². The van der Waals surface area contributed by atoms with Gasteiger partial charge in [-0.1, -0.05) is 24.3 Å². The Hall–Kier alpha value is -3.98. The molecule has 162 valence electrons. The summed E-state index contributed by atoms with van der Waals surface area (Å²) in [5.41, 5.74) is 1.56. The minimum Gasteiger partial charge on any atom is -0.321 e. The van der Waals surface area contributed by atoms with Crippen molar-refractivity contribution in [3.63, 3.8) is 0 Å². The van der Waals surface area contributed by atoms with Gasteiger partial charge in [0.05, 0.1) is 16.3 Å². The molecule has 0 saturated carbocycles. The molecular formula is C23H19FN4O3S. The van der Waals surface area contributed by atoms with E-state index in [-0.39, 0.29) is 16.4 Å². The number of halogens is 1. The number of benzene rings is 3. The molecule has 0 fully saturated rings. The van der Waals surface area contributed by atoms with Crippen molar-refractivity contribution in [2.24, 2.45) is 0 Å². The lowest BCUT2D eigenvalue weighted by Crippen LogP contribution is -2.26. The lowest BCUT2D eigenvalue weighted by molar-refractivity contribution is 0.102. The first kappa shape index (κ1) is 21.3. The predicted molar refractivity (Wildman–Crippen MR) is 120 cm³/mol. The summed E-state index contributed by atoms with van der Waals surface area (Å²) in [5, 5.41) is 6.87. The molecule has 0 unspecified atom stereocenters. The smallest absolute Gasteiger partial charge is 0.276 e. The van der Waals surface area contributed by atoms with Crippen LogP contribution in [0.25, 0.3) is 5.69 Å².